The first-order chi connectivity index (χ1) is 13.3. The summed E-state index contributed by atoms with van der Waals surface area (Å²) >= 11 is 0. The van der Waals surface area contributed by atoms with Gasteiger partial charge in [0.05, 0.1) is 0 Å². The van der Waals surface area contributed by atoms with E-state index >= 15 is 0 Å². The molecule has 2 amide bonds. The van der Waals surface area contributed by atoms with Crippen LogP contribution >= 0.6 is 0 Å². The van der Waals surface area contributed by atoms with E-state index in [-0.39, 0.29) is 18.8 Å². The minimum absolute atomic E-state index is 0.0343. The Labute approximate surface area is 162 Å². The molecule has 2 aromatic rings. The lowest BCUT2D eigenvalue weighted by atomic mass is 10.1. The number of benzene rings is 2. The molecule has 0 aromatic heterocycles. The maximum absolute atomic E-state index is 12.2. The zero-order chi connectivity index (χ0) is 20.5. The highest BCUT2D eigenvalue weighted by Crippen LogP contribution is 2.11. The molecule has 28 heavy (non-hydrogen) atoms. The van der Waals surface area contributed by atoms with Gasteiger partial charge in [-0.1, -0.05) is 42.5 Å². The topological polar surface area (TPSA) is 125 Å². The lowest BCUT2D eigenvalue weighted by Crippen LogP contribution is -2.51. The summed E-state index contributed by atoms with van der Waals surface area (Å²) < 4.78 is 5.04. The number of hydrogen-bond donors (Lipinski definition) is 4. The van der Waals surface area contributed by atoms with Gasteiger partial charge in [-0.3, -0.25) is 4.79 Å². The minimum Gasteiger partial charge on any atom is -0.508 e. The van der Waals surface area contributed by atoms with Crippen LogP contribution < -0.4 is 10.6 Å². The number of carboxylic acid groups (broad SMARTS) is 1. The van der Waals surface area contributed by atoms with Gasteiger partial charge in [-0.15, -0.1) is 0 Å². The molecular formula is C20H22N2O6. The number of aromatic hydroxyl groups is 1. The number of ether oxygens (including phenoxy) is 1. The first-order valence-electron chi connectivity index (χ1n) is 8.63. The second kappa shape index (κ2) is 9.96. The minimum atomic E-state index is -1.21. The normalized spacial score (nSPS) is 12.5. The Morgan fingerprint density at radius 1 is 0.964 bits per heavy atom. The molecule has 0 heterocycles. The zero-order valence-corrected chi connectivity index (χ0v) is 15.3. The van der Waals surface area contributed by atoms with Gasteiger partial charge in [0.25, 0.3) is 0 Å². The molecule has 0 fully saturated rings. The monoisotopic (exact) mass is 386 g/mol. The van der Waals surface area contributed by atoms with Crippen molar-refractivity contribution in [2.45, 2.75) is 32.0 Å². The maximum Gasteiger partial charge on any atom is 0.408 e. The van der Waals surface area contributed by atoms with Gasteiger partial charge in [-0.05, 0) is 30.2 Å². The molecule has 8 heteroatoms. The van der Waals surface area contributed by atoms with E-state index < -0.39 is 30.1 Å². The average molecular weight is 386 g/mol. The van der Waals surface area contributed by atoms with Crippen LogP contribution in [0.2, 0.25) is 0 Å². The Kier molecular flexibility index (Phi) is 7.38. The fourth-order valence-electron chi connectivity index (χ4n) is 2.37. The fourth-order valence-corrected chi connectivity index (χ4v) is 2.37. The highest BCUT2D eigenvalue weighted by Gasteiger charge is 2.24. The van der Waals surface area contributed by atoms with Crippen LogP contribution in [0, 0.1) is 0 Å². The van der Waals surface area contributed by atoms with Gasteiger partial charge in [0.2, 0.25) is 5.91 Å². The smallest absolute Gasteiger partial charge is 0.408 e. The third-order valence-corrected chi connectivity index (χ3v) is 3.93. The molecule has 0 aliphatic heterocycles. The lowest BCUT2D eigenvalue weighted by molar-refractivity contribution is -0.142. The summed E-state index contributed by atoms with van der Waals surface area (Å²) in [6, 6.07) is 12.9. The second-order valence-corrected chi connectivity index (χ2v) is 6.20. The number of alkyl carbamates (subject to hydrolysis) is 1. The van der Waals surface area contributed by atoms with Crippen molar-refractivity contribution in [3.63, 3.8) is 0 Å². The molecule has 2 aromatic carbocycles. The highest BCUT2D eigenvalue weighted by molar-refractivity contribution is 5.89. The lowest BCUT2D eigenvalue weighted by Gasteiger charge is -2.19. The summed E-state index contributed by atoms with van der Waals surface area (Å²) in [4.78, 5) is 35.5. The Bertz CT molecular complexity index is 807. The van der Waals surface area contributed by atoms with Crippen LogP contribution in [0.1, 0.15) is 18.1 Å². The van der Waals surface area contributed by atoms with Gasteiger partial charge >= 0.3 is 12.1 Å². The molecule has 0 saturated carbocycles. The molecular weight excluding hydrogens is 364 g/mol. The van der Waals surface area contributed by atoms with E-state index in [0.717, 1.165) is 5.56 Å². The number of rotatable bonds is 8. The Morgan fingerprint density at radius 2 is 1.61 bits per heavy atom. The quantitative estimate of drug-likeness (QED) is 0.548. The molecule has 0 radical (unpaired) electrons. The molecule has 0 aliphatic rings. The predicted molar refractivity (Wildman–Crippen MR) is 101 cm³/mol. The number of aliphatic carboxylic acids is 1. The number of amides is 2. The standard InChI is InChI=1S/C20H22N2O6/c1-13(21-20(27)28-12-15-5-3-2-4-6-15)18(24)22-17(19(25)26)11-14-7-9-16(23)10-8-14/h2-10,13,17,23H,11-12H2,1H3,(H,21,27)(H,22,24)(H,25,26)/t13-,17-/m1/s1. The highest BCUT2D eigenvalue weighted by atomic mass is 16.5. The van der Waals surface area contributed by atoms with Crippen LogP contribution in [-0.2, 0) is 27.4 Å². The maximum atomic E-state index is 12.2. The molecule has 0 saturated heterocycles. The molecule has 0 spiro atoms. The van der Waals surface area contributed by atoms with Gasteiger partial charge in [0.15, 0.2) is 0 Å². The third-order valence-electron chi connectivity index (χ3n) is 3.93. The second-order valence-electron chi connectivity index (χ2n) is 6.20. The van der Waals surface area contributed by atoms with Gasteiger partial charge < -0.3 is 25.6 Å². The molecule has 0 aliphatic carbocycles. The van der Waals surface area contributed by atoms with Gasteiger partial charge in [0, 0.05) is 6.42 Å². The van der Waals surface area contributed by atoms with Crippen molar-refractivity contribution in [3.05, 3.63) is 65.7 Å². The number of hydrogen-bond acceptors (Lipinski definition) is 5. The van der Waals surface area contributed by atoms with Gasteiger partial charge in [-0.25, -0.2) is 9.59 Å². The molecule has 2 rings (SSSR count). The van der Waals surface area contributed by atoms with Crippen LogP contribution in [0.4, 0.5) is 4.79 Å². The van der Waals surface area contributed by atoms with E-state index in [2.05, 4.69) is 10.6 Å². The molecule has 148 valence electrons. The van der Waals surface area contributed by atoms with Crippen LogP contribution in [0.25, 0.3) is 0 Å². The number of carbonyl (C=O) groups is 3. The SMILES string of the molecule is C[C@@H](NC(=O)OCc1ccccc1)C(=O)N[C@H](Cc1ccc(O)cc1)C(=O)O. The summed E-state index contributed by atoms with van der Waals surface area (Å²) in [6.07, 6.45) is -0.746. The molecule has 0 unspecified atom stereocenters. The Morgan fingerprint density at radius 3 is 2.21 bits per heavy atom. The van der Waals surface area contributed by atoms with Crippen molar-refractivity contribution in [3.8, 4) is 5.75 Å². The Balaban J connectivity index is 1.85. The first kappa shape index (κ1) is 20.8. The summed E-state index contributed by atoms with van der Waals surface area (Å²) in [5.74, 6) is -1.80. The van der Waals surface area contributed by atoms with Crippen molar-refractivity contribution in [1.29, 1.82) is 0 Å². The average Bonchev–Trinajstić information content (AvgIpc) is 2.68. The number of carbonyl (C=O) groups excluding carboxylic acids is 2. The third kappa shape index (κ3) is 6.64. The van der Waals surface area contributed by atoms with E-state index in [9.17, 15) is 24.6 Å². The van der Waals surface area contributed by atoms with Crippen molar-refractivity contribution >= 4 is 18.0 Å². The number of phenolic OH excluding ortho intramolecular Hbond substituents is 1. The van der Waals surface area contributed by atoms with Crippen molar-refractivity contribution in [2.24, 2.45) is 0 Å². The van der Waals surface area contributed by atoms with Crippen molar-refractivity contribution in [1.82, 2.24) is 10.6 Å². The van der Waals surface area contributed by atoms with Crippen molar-refractivity contribution < 1.29 is 29.3 Å². The Hall–Kier alpha value is -3.55. The van der Waals surface area contributed by atoms with Crippen LogP contribution in [-0.4, -0.2) is 40.3 Å². The fraction of sp³-hybridized carbons (Fsp3) is 0.250. The van der Waals surface area contributed by atoms with Crippen LogP contribution in [0.5, 0.6) is 5.75 Å². The first-order valence-corrected chi connectivity index (χ1v) is 8.63. The van der Waals surface area contributed by atoms with Crippen molar-refractivity contribution in [2.75, 3.05) is 0 Å². The summed E-state index contributed by atoms with van der Waals surface area (Å²) in [7, 11) is 0. The number of carboxylic acids is 1. The van der Waals surface area contributed by atoms with E-state index in [1.54, 1.807) is 24.3 Å². The zero-order valence-electron chi connectivity index (χ0n) is 15.3. The molecule has 2 atom stereocenters. The molecule has 0 bridgehead atoms. The van der Waals surface area contributed by atoms with Gasteiger partial charge in [0.1, 0.15) is 24.4 Å². The predicted octanol–water partition coefficient (Wildman–Crippen LogP) is 1.82. The number of nitrogens with one attached hydrogen (secondary N) is 2. The molecule has 4 N–H and O–H groups in total. The van der Waals surface area contributed by atoms with E-state index in [1.807, 2.05) is 18.2 Å². The van der Waals surface area contributed by atoms with Crippen LogP contribution in [0.3, 0.4) is 0 Å². The summed E-state index contributed by atoms with van der Waals surface area (Å²) in [5, 5.41) is 23.4. The number of phenols is 1. The largest absolute Gasteiger partial charge is 0.508 e. The van der Waals surface area contributed by atoms with E-state index in [1.165, 1.54) is 19.1 Å². The summed E-state index contributed by atoms with van der Waals surface area (Å²) in [5.41, 5.74) is 1.43. The van der Waals surface area contributed by atoms with E-state index in [0.29, 0.717) is 5.56 Å². The summed E-state index contributed by atoms with van der Waals surface area (Å²) in [6.45, 7) is 1.48. The molecule has 8 nitrogen and oxygen atoms in total. The van der Waals surface area contributed by atoms with Gasteiger partial charge in [-0.2, -0.15) is 0 Å². The van der Waals surface area contributed by atoms with Crippen LogP contribution in [0.15, 0.2) is 54.6 Å². The van der Waals surface area contributed by atoms with E-state index in [4.69, 9.17) is 4.74 Å².